The fourth-order valence-electron chi connectivity index (χ4n) is 3.09. The van der Waals surface area contributed by atoms with Gasteiger partial charge in [-0.25, -0.2) is 4.79 Å². The third-order valence-electron chi connectivity index (χ3n) is 3.94. The van der Waals surface area contributed by atoms with Crippen LogP contribution in [0.25, 0.3) is 10.9 Å². The Labute approximate surface area is 147 Å². The standard InChI is InChI=1S/C18H18F3NO4/c1-17(2,3)26-16(24)15-14(23)7-4-11-8-10-9-12(25-18(19,20)21)5-6-13(10)22(11)15/h5-6,8-9,15H,4,7H2,1-3H3/t15-/m0/s1. The molecule has 26 heavy (non-hydrogen) atoms. The highest BCUT2D eigenvalue weighted by Crippen LogP contribution is 2.34. The summed E-state index contributed by atoms with van der Waals surface area (Å²) in [6, 6.07) is 4.35. The molecule has 2 aromatic rings. The van der Waals surface area contributed by atoms with Crippen LogP contribution in [0, 0.1) is 0 Å². The fraction of sp³-hybridized carbons (Fsp3) is 0.444. The van der Waals surface area contributed by atoms with E-state index in [0.717, 1.165) is 6.07 Å². The van der Waals surface area contributed by atoms with Gasteiger partial charge < -0.3 is 14.0 Å². The van der Waals surface area contributed by atoms with Crippen LogP contribution in [0.2, 0.25) is 0 Å². The molecule has 0 bridgehead atoms. The number of rotatable bonds is 2. The Hall–Kier alpha value is -2.51. The predicted molar refractivity (Wildman–Crippen MR) is 86.8 cm³/mol. The number of halogens is 3. The number of carbonyl (C=O) groups excluding carboxylic acids is 2. The maximum atomic E-state index is 12.5. The number of hydrogen-bond acceptors (Lipinski definition) is 4. The molecule has 8 heteroatoms. The number of fused-ring (bicyclic) bond motifs is 3. The SMILES string of the molecule is CC(C)(C)OC(=O)[C@@H]1C(=O)CCc2cc3cc(OC(F)(F)F)ccc3n21. The minimum Gasteiger partial charge on any atom is -0.458 e. The lowest BCUT2D eigenvalue weighted by Gasteiger charge is -2.28. The molecule has 140 valence electrons. The Balaban J connectivity index is 2.04. The van der Waals surface area contributed by atoms with Gasteiger partial charge in [0.15, 0.2) is 11.8 Å². The molecular formula is C18H18F3NO4. The minimum absolute atomic E-state index is 0.173. The summed E-state index contributed by atoms with van der Waals surface area (Å²) in [5.74, 6) is -1.30. The Kier molecular flexibility index (Phi) is 4.24. The van der Waals surface area contributed by atoms with Crippen molar-refractivity contribution in [3.05, 3.63) is 30.0 Å². The van der Waals surface area contributed by atoms with Gasteiger partial charge in [-0.05, 0) is 51.5 Å². The average Bonchev–Trinajstić information content (AvgIpc) is 2.81. The molecule has 0 N–H and O–H groups in total. The molecule has 0 spiro atoms. The number of ketones is 1. The Morgan fingerprint density at radius 3 is 2.46 bits per heavy atom. The molecule has 1 aromatic carbocycles. The van der Waals surface area contributed by atoms with E-state index in [4.69, 9.17) is 4.74 Å². The highest BCUT2D eigenvalue weighted by atomic mass is 19.4. The number of esters is 1. The number of hydrogen-bond donors (Lipinski definition) is 0. The molecule has 0 unspecified atom stereocenters. The first-order valence-corrected chi connectivity index (χ1v) is 8.10. The summed E-state index contributed by atoms with van der Waals surface area (Å²) in [7, 11) is 0. The summed E-state index contributed by atoms with van der Waals surface area (Å²) >= 11 is 0. The number of benzene rings is 1. The normalized spacial score (nSPS) is 17.9. The number of ether oxygens (including phenoxy) is 2. The number of nitrogens with zero attached hydrogens (tertiary/aromatic N) is 1. The molecule has 0 radical (unpaired) electrons. The number of Topliss-reactive ketones (excluding diaryl/α,β-unsaturated/α-hetero) is 1. The van der Waals surface area contributed by atoms with Crippen molar-refractivity contribution in [3.63, 3.8) is 0 Å². The van der Waals surface area contributed by atoms with Crippen molar-refractivity contribution < 1.29 is 32.2 Å². The Bertz CT molecular complexity index is 877. The summed E-state index contributed by atoms with van der Waals surface area (Å²) in [6.07, 6.45) is -4.21. The lowest BCUT2D eigenvalue weighted by Crippen LogP contribution is -2.37. The van der Waals surface area contributed by atoms with E-state index in [9.17, 15) is 22.8 Å². The van der Waals surface area contributed by atoms with Crippen LogP contribution in [0.1, 0.15) is 38.9 Å². The van der Waals surface area contributed by atoms with Crippen LogP contribution in [0.4, 0.5) is 13.2 Å². The molecule has 1 aliphatic rings. The van der Waals surface area contributed by atoms with Crippen LogP contribution in [-0.4, -0.2) is 28.3 Å². The van der Waals surface area contributed by atoms with Crippen LogP contribution in [0.15, 0.2) is 24.3 Å². The topological polar surface area (TPSA) is 57.5 Å². The first-order valence-electron chi connectivity index (χ1n) is 8.10. The van der Waals surface area contributed by atoms with Crippen LogP contribution in [-0.2, 0) is 20.7 Å². The van der Waals surface area contributed by atoms with Crippen LogP contribution in [0.3, 0.4) is 0 Å². The number of aromatic nitrogens is 1. The zero-order valence-electron chi connectivity index (χ0n) is 14.5. The summed E-state index contributed by atoms with van der Waals surface area (Å²) in [4.78, 5) is 24.9. The lowest BCUT2D eigenvalue weighted by molar-refractivity contribution is -0.274. The number of alkyl halides is 3. The quantitative estimate of drug-likeness (QED) is 0.594. The third-order valence-corrected chi connectivity index (χ3v) is 3.94. The van der Waals surface area contributed by atoms with Crippen LogP contribution >= 0.6 is 0 Å². The van der Waals surface area contributed by atoms with E-state index >= 15 is 0 Å². The minimum atomic E-state index is -4.79. The zero-order valence-corrected chi connectivity index (χ0v) is 14.5. The molecule has 0 saturated carbocycles. The van der Waals surface area contributed by atoms with Gasteiger partial charge in [-0.15, -0.1) is 13.2 Å². The first kappa shape index (κ1) is 18.3. The van der Waals surface area contributed by atoms with Gasteiger partial charge in [-0.3, -0.25) is 4.79 Å². The molecule has 1 aromatic heterocycles. The largest absolute Gasteiger partial charge is 0.573 e. The van der Waals surface area contributed by atoms with Gasteiger partial charge in [0.1, 0.15) is 11.4 Å². The maximum Gasteiger partial charge on any atom is 0.573 e. The van der Waals surface area contributed by atoms with E-state index < -0.39 is 24.0 Å². The van der Waals surface area contributed by atoms with Crippen molar-refractivity contribution >= 4 is 22.7 Å². The van der Waals surface area contributed by atoms with E-state index in [0.29, 0.717) is 23.0 Å². The van der Waals surface area contributed by atoms with Crippen molar-refractivity contribution in [2.75, 3.05) is 0 Å². The van der Waals surface area contributed by atoms with Crippen LogP contribution in [0.5, 0.6) is 5.75 Å². The molecule has 2 heterocycles. The van der Waals surface area contributed by atoms with Crippen molar-refractivity contribution in [1.29, 1.82) is 0 Å². The van der Waals surface area contributed by atoms with Crippen molar-refractivity contribution in [3.8, 4) is 5.75 Å². The van der Waals surface area contributed by atoms with E-state index in [2.05, 4.69) is 4.74 Å². The summed E-state index contributed by atoms with van der Waals surface area (Å²) in [6.45, 7) is 5.11. The summed E-state index contributed by atoms with van der Waals surface area (Å²) in [5, 5.41) is 0.463. The van der Waals surface area contributed by atoms with E-state index in [-0.39, 0.29) is 18.0 Å². The molecule has 0 aliphatic carbocycles. The summed E-state index contributed by atoms with van der Waals surface area (Å²) < 4.78 is 48.1. The number of carbonyl (C=O) groups is 2. The molecule has 0 fully saturated rings. The average molecular weight is 369 g/mol. The van der Waals surface area contributed by atoms with Crippen molar-refractivity contribution in [1.82, 2.24) is 4.57 Å². The van der Waals surface area contributed by atoms with Gasteiger partial charge in [0.05, 0.1) is 0 Å². The monoisotopic (exact) mass is 369 g/mol. The van der Waals surface area contributed by atoms with Gasteiger partial charge in [0, 0.05) is 23.0 Å². The zero-order chi connectivity index (χ0) is 19.3. The molecule has 0 saturated heterocycles. The number of aryl methyl sites for hydroxylation is 1. The van der Waals surface area contributed by atoms with Gasteiger partial charge in [-0.2, -0.15) is 0 Å². The summed E-state index contributed by atoms with van der Waals surface area (Å²) in [5.41, 5.74) is 0.420. The van der Waals surface area contributed by atoms with E-state index in [1.807, 2.05) is 0 Å². The van der Waals surface area contributed by atoms with E-state index in [1.54, 1.807) is 31.4 Å². The van der Waals surface area contributed by atoms with Gasteiger partial charge >= 0.3 is 12.3 Å². The molecular weight excluding hydrogens is 351 g/mol. The van der Waals surface area contributed by atoms with Crippen molar-refractivity contribution in [2.45, 2.75) is 51.6 Å². The Morgan fingerprint density at radius 1 is 1.15 bits per heavy atom. The second-order valence-electron chi connectivity index (χ2n) is 7.18. The Morgan fingerprint density at radius 2 is 1.85 bits per heavy atom. The van der Waals surface area contributed by atoms with Gasteiger partial charge in [0.25, 0.3) is 0 Å². The molecule has 1 aliphatic heterocycles. The molecule has 3 rings (SSSR count). The first-order chi connectivity index (χ1) is 11.9. The molecule has 5 nitrogen and oxygen atoms in total. The maximum absolute atomic E-state index is 12.5. The molecule has 0 amide bonds. The van der Waals surface area contributed by atoms with Gasteiger partial charge in [-0.1, -0.05) is 0 Å². The van der Waals surface area contributed by atoms with Crippen molar-refractivity contribution in [2.24, 2.45) is 0 Å². The molecule has 1 atom stereocenters. The second-order valence-corrected chi connectivity index (χ2v) is 7.18. The predicted octanol–water partition coefficient (Wildman–Crippen LogP) is 3.94. The lowest BCUT2D eigenvalue weighted by atomic mass is 10.0. The highest BCUT2D eigenvalue weighted by molar-refractivity contribution is 6.04. The third kappa shape index (κ3) is 3.68. The van der Waals surface area contributed by atoms with Gasteiger partial charge in [0.2, 0.25) is 0 Å². The van der Waals surface area contributed by atoms with E-state index in [1.165, 1.54) is 12.1 Å². The smallest absolute Gasteiger partial charge is 0.458 e. The highest BCUT2D eigenvalue weighted by Gasteiger charge is 2.37. The second kappa shape index (κ2) is 6.03. The van der Waals surface area contributed by atoms with Crippen LogP contribution < -0.4 is 4.74 Å². The fourth-order valence-corrected chi connectivity index (χ4v) is 3.09.